The lowest BCUT2D eigenvalue weighted by atomic mass is 10.3. The third kappa shape index (κ3) is 2.81. The summed E-state index contributed by atoms with van der Waals surface area (Å²) in [5.74, 6) is -2.62. The molecule has 1 rings (SSSR count). The van der Waals surface area contributed by atoms with Crippen LogP contribution in [-0.2, 0) is 0 Å². The quantitative estimate of drug-likeness (QED) is 0.478. The second kappa shape index (κ2) is 4.24. The standard InChI is InChI=1S/C7H2BrF4NO3/c8-3-1-2-4(9)5(13(14)15)6(3)16-7(10,11)12/h1-2H. The Morgan fingerprint density at radius 3 is 2.38 bits per heavy atom. The second-order valence-electron chi connectivity index (χ2n) is 2.51. The van der Waals surface area contributed by atoms with Crippen LogP contribution < -0.4 is 4.74 Å². The van der Waals surface area contributed by atoms with Gasteiger partial charge in [0.25, 0.3) is 0 Å². The van der Waals surface area contributed by atoms with Crippen LogP contribution in [0.5, 0.6) is 5.75 Å². The first-order valence-electron chi connectivity index (χ1n) is 3.60. The van der Waals surface area contributed by atoms with Crippen LogP contribution in [0.15, 0.2) is 16.6 Å². The molecule has 1 aromatic rings. The molecule has 0 saturated carbocycles. The van der Waals surface area contributed by atoms with E-state index >= 15 is 0 Å². The number of nitrogens with zero attached hydrogens (tertiary/aromatic N) is 1. The van der Waals surface area contributed by atoms with E-state index in [9.17, 15) is 27.7 Å². The SMILES string of the molecule is O=[N+]([O-])c1c(F)ccc(Br)c1OC(F)(F)F. The van der Waals surface area contributed by atoms with Crippen LogP contribution in [0.25, 0.3) is 0 Å². The summed E-state index contributed by atoms with van der Waals surface area (Å²) in [6.45, 7) is 0. The molecule has 0 aliphatic heterocycles. The lowest BCUT2D eigenvalue weighted by Gasteiger charge is -2.10. The number of hydrogen-bond donors (Lipinski definition) is 0. The Morgan fingerprint density at radius 1 is 1.38 bits per heavy atom. The third-order valence-electron chi connectivity index (χ3n) is 1.43. The number of nitro groups is 1. The number of hydrogen-bond acceptors (Lipinski definition) is 3. The highest BCUT2D eigenvalue weighted by atomic mass is 79.9. The van der Waals surface area contributed by atoms with Gasteiger partial charge < -0.3 is 4.74 Å². The third-order valence-corrected chi connectivity index (χ3v) is 2.06. The summed E-state index contributed by atoms with van der Waals surface area (Å²) >= 11 is 2.61. The molecule has 0 spiro atoms. The minimum absolute atomic E-state index is 0.363. The van der Waals surface area contributed by atoms with Crippen molar-refractivity contribution in [1.82, 2.24) is 0 Å². The summed E-state index contributed by atoms with van der Waals surface area (Å²) < 4.78 is 51.7. The molecule has 0 aromatic heterocycles. The first-order chi connectivity index (χ1) is 7.22. The highest BCUT2D eigenvalue weighted by molar-refractivity contribution is 9.10. The molecule has 9 heteroatoms. The second-order valence-corrected chi connectivity index (χ2v) is 3.37. The largest absolute Gasteiger partial charge is 0.573 e. The number of nitro benzene ring substituents is 1. The molecule has 4 nitrogen and oxygen atoms in total. The number of benzene rings is 1. The van der Waals surface area contributed by atoms with Gasteiger partial charge in [-0.2, -0.15) is 4.39 Å². The smallest absolute Gasteiger partial charge is 0.397 e. The zero-order valence-electron chi connectivity index (χ0n) is 7.22. The summed E-state index contributed by atoms with van der Waals surface area (Å²) in [7, 11) is 0. The molecule has 0 atom stereocenters. The predicted molar refractivity (Wildman–Crippen MR) is 47.4 cm³/mol. The van der Waals surface area contributed by atoms with E-state index in [1.807, 2.05) is 0 Å². The van der Waals surface area contributed by atoms with Crippen molar-refractivity contribution in [3.8, 4) is 5.75 Å². The van der Waals surface area contributed by atoms with Crippen molar-refractivity contribution in [2.45, 2.75) is 6.36 Å². The molecule has 0 bridgehead atoms. The monoisotopic (exact) mass is 303 g/mol. The summed E-state index contributed by atoms with van der Waals surface area (Å²) in [5.41, 5.74) is -1.37. The van der Waals surface area contributed by atoms with Crippen LogP contribution in [0, 0.1) is 15.9 Å². The van der Waals surface area contributed by atoms with Crippen LogP contribution in [0.4, 0.5) is 23.2 Å². The van der Waals surface area contributed by atoms with Gasteiger partial charge in [0, 0.05) is 0 Å². The lowest BCUT2D eigenvalue weighted by Crippen LogP contribution is -2.18. The summed E-state index contributed by atoms with van der Waals surface area (Å²) in [6.07, 6.45) is -5.14. The molecule has 1 aromatic carbocycles. The molecule has 88 valence electrons. The fourth-order valence-corrected chi connectivity index (χ4v) is 1.31. The molecule has 0 saturated heterocycles. The molecule has 0 N–H and O–H groups in total. The number of rotatable bonds is 2. The Bertz CT molecular complexity index is 434. The molecular formula is C7H2BrF4NO3. The van der Waals surface area contributed by atoms with Crippen molar-refractivity contribution >= 4 is 21.6 Å². The van der Waals surface area contributed by atoms with Crippen molar-refractivity contribution < 1.29 is 27.2 Å². The van der Waals surface area contributed by atoms with Crippen molar-refractivity contribution in [2.75, 3.05) is 0 Å². The molecule has 0 aliphatic rings. The maximum atomic E-state index is 12.9. The van der Waals surface area contributed by atoms with Gasteiger partial charge in [0.15, 0.2) is 0 Å². The average Bonchev–Trinajstić information content (AvgIpc) is 2.08. The Hall–Kier alpha value is -1.38. The maximum absolute atomic E-state index is 12.9. The van der Waals surface area contributed by atoms with E-state index in [1.54, 1.807) is 0 Å². The van der Waals surface area contributed by atoms with Crippen LogP contribution >= 0.6 is 15.9 Å². The van der Waals surface area contributed by atoms with E-state index in [0.29, 0.717) is 6.07 Å². The Kier molecular flexibility index (Phi) is 3.36. The van der Waals surface area contributed by atoms with Gasteiger partial charge in [-0.25, -0.2) is 0 Å². The van der Waals surface area contributed by atoms with Gasteiger partial charge in [-0.05, 0) is 28.1 Å². The molecule has 0 heterocycles. The van der Waals surface area contributed by atoms with Crippen LogP contribution in [0.3, 0.4) is 0 Å². The first-order valence-corrected chi connectivity index (χ1v) is 4.40. The van der Waals surface area contributed by atoms with E-state index in [-0.39, 0.29) is 4.47 Å². The van der Waals surface area contributed by atoms with Gasteiger partial charge in [0.1, 0.15) is 0 Å². The Balaban J connectivity index is 3.35. The average molecular weight is 304 g/mol. The van der Waals surface area contributed by atoms with Crippen LogP contribution in [0.2, 0.25) is 0 Å². The van der Waals surface area contributed by atoms with E-state index < -0.39 is 28.5 Å². The zero-order chi connectivity index (χ0) is 12.5. The fourth-order valence-electron chi connectivity index (χ4n) is 0.905. The normalized spacial score (nSPS) is 11.3. The van der Waals surface area contributed by atoms with E-state index in [2.05, 4.69) is 20.7 Å². The lowest BCUT2D eigenvalue weighted by molar-refractivity contribution is -0.391. The number of alkyl halides is 3. The van der Waals surface area contributed by atoms with Crippen LogP contribution in [-0.4, -0.2) is 11.3 Å². The molecule has 0 fully saturated rings. The molecule has 0 unspecified atom stereocenters. The summed E-state index contributed by atoms with van der Waals surface area (Å²) in [6, 6.07) is 1.54. The van der Waals surface area contributed by atoms with Crippen LogP contribution in [0.1, 0.15) is 0 Å². The molecular weight excluding hydrogens is 302 g/mol. The van der Waals surface area contributed by atoms with Crippen molar-refractivity contribution in [3.05, 3.63) is 32.5 Å². The fraction of sp³-hybridized carbons (Fsp3) is 0.143. The maximum Gasteiger partial charge on any atom is 0.573 e. The minimum atomic E-state index is -5.14. The Morgan fingerprint density at radius 2 is 1.94 bits per heavy atom. The number of ether oxygens (including phenoxy) is 1. The first kappa shape index (κ1) is 12.7. The zero-order valence-corrected chi connectivity index (χ0v) is 8.80. The van der Waals surface area contributed by atoms with Gasteiger partial charge >= 0.3 is 12.0 Å². The molecule has 0 amide bonds. The van der Waals surface area contributed by atoms with E-state index in [4.69, 9.17) is 0 Å². The highest BCUT2D eigenvalue weighted by Crippen LogP contribution is 2.39. The minimum Gasteiger partial charge on any atom is -0.397 e. The van der Waals surface area contributed by atoms with E-state index in [0.717, 1.165) is 6.07 Å². The van der Waals surface area contributed by atoms with Gasteiger partial charge in [-0.1, -0.05) is 0 Å². The van der Waals surface area contributed by atoms with Crippen molar-refractivity contribution in [3.63, 3.8) is 0 Å². The van der Waals surface area contributed by atoms with Gasteiger partial charge in [-0.15, -0.1) is 13.2 Å². The number of halogens is 5. The summed E-state index contributed by atoms with van der Waals surface area (Å²) in [4.78, 5) is 9.09. The molecule has 16 heavy (non-hydrogen) atoms. The molecule has 0 aliphatic carbocycles. The molecule has 0 radical (unpaired) electrons. The predicted octanol–water partition coefficient (Wildman–Crippen LogP) is 3.39. The highest BCUT2D eigenvalue weighted by Gasteiger charge is 2.37. The van der Waals surface area contributed by atoms with Gasteiger partial charge in [-0.3, -0.25) is 10.1 Å². The van der Waals surface area contributed by atoms with Gasteiger partial charge in [0.05, 0.1) is 9.40 Å². The summed E-state index contributed by atoms with van der Waals surface area (Å²) in [5, 5.41) is 10.4. The van der Waals surface area contributed by atoms with E-state index in [1.165, 1.54) is 0 Å². The topological polar surface area (TPSA) is 52.4 Å². The van der Waals surface area contributed by atoms with Crippen molar-refractivity contribution in [2.24, 2.45) is 0 Å². The Labute approximate surface area is 94.1 Å². The van der Waals surface area contributed by atoms with Gasteiger partial charge in [0.2, 0.25) is 11.6 Å². The van der Waals surface area contributed by atoms with Crippen molar-refractivity contribution in [1.29, 1.82) is 0 Å².